The Morgan fingerprint density at radius 3 is 2.69 bits per heavy atom. The number of oxazole rings is 1. The smallest absolute Gasteiger partial charge is 0.246 e. The minimum atomic E-state index is 0. The Morgan fingerprint density at radius 1 is 1.38 bits per heavy atom. The van der Waals surface area contributed by atoms with E-state index in [2.05, 4.69) is 20.4 Å². The van der Waals surface area contributed by atoms with Crippen molar-refractivity contribution in [3.05, 3.63) is 29.7 Å². The van der Waals surface area contributed by atoms with Gasteiger partial charge in [-0.25, -0.2) is 4.98 Å². The number of aromatic nitrogens is 3. The number of rotatable bonds is 3. The fourth-order valence-electron chi connectivity index (χ4n) is 2.78. The van der Waals surface area contributed by atoms with E-state index >= 15 is 0 Å². The number of anilines is 1. The molecule has 2 aromatic heterocycles. The van der Waals surface area contributed by atoms with Crippen LogP contribution >= 0.6 is 24.0 Å². The molecule has 26 heavy (non-hydrogen) atoms. The summed E-state index contributed by atoms with van der Waals surface area (Å²) in [4.78, 5) is 24.8. The Bertz CT molecular complexity index is 779. The molecule has 0 radical (unpaired) electrons. The molecule has 1 amide bonds. The summed E-state index contributed by atoms with van der Waals surface area (Å²) in [6.45, 7) is 5.76. The zero-order valence-electron chi connectivity index (χ0n) is 15.4. The third-order valence-corrected chi connectivity index (χ3v) is 4.21. The van der Waals surface area contributed by atoms with Gasteiger partial charge in [0.2, 0.25) is 11.8 Å². The van der Waals surface area contributed by atoms with Crippen molar-refractivity contribution in [1.29, 1.82) is 0 Å². The van der Waals surface area contributed by atoms with Gasteiger partial charge in [-0.05, 0) is 13.8 Å². The molecule has 0 spiro atoms. The predicted molar refractivity (Wildman–Crippen MR) is 109 cm³/mol. The highest BCUT2D eigenvalue weighted by molar-refractivity contribution is 14.0. The van der Waals surface area contributed by atoms with Crippen LogP contribution in [0.2, 0.25) is 0 Å². The summed E-state index contributed by atoms with van der Waals surface area (Å²) in [5.74, 6) is 2.10. The molecule has 1 saturated heterocycles. The molecule has 0 aliphatic carbocycles. The van der Waals surface area contributed by atoms with Gasteiger partial charge in [0.15, 0.2) is 5.96 Å². The number of carbonyl (C=O) groups excluding carboxylic acids is 1. The van der Waals surface area contributed by atoms with E-state index in [4.69, 9.17) is 4.42 Å². The number of nitrogens with zero attached hydrogens (tertiary/aromatic N) is 6. The Kier molecular flexibility index (Phi) is 6.62. The number of nitrogens with one attached hydrogen (secondary N) is 1. The molecule has 1 N–H and O–H groups in total. The largest absolute Gasteiger partial charge is 0.444 e. The normalized spacial score (nSPS) is 15.2. The lowest BCUT2D eigenvalue weighted by atomic mass is 10.3. The molecule has 10 heteroatoms. The number of aliphatic imine (C=N–C) groups is 1. The standard InChI is InChI=1S/C16H23N7O2.HI/c1-11-12(2)25-14(20-11)8-18-16(17-3)22-5-6-23(15(24)10-22)13-7-19-21(4)9-13;/h7,9H,5-6,8,10H2,1-4H3,(H,17,18);1H. The van der Waals surface area contributed by atoms with Gasteiger partial charge < -0.3 is 19.5 Å². The molecule has 0 bridgehead atoms. The van der Waals surface area contributed by atoms with E-state index < -0.39 is 0 Å². The van der Waals surface area contributed by atoms with Crippen molar-refractivity contribution in [2.24, 2.45) is 12.0 Å². The molecular weight excluding hydrogens is 449 g/mol. The maximum atomic E-state index is 12.5. The summed E-state index contributed by atoms with van der Waals surface area (Å²) in [5.41, 5.74) is 1.70. The summed E-state index contributed by atoms with van der Waals surface area (Å²) >= 11 is 0. The zero-order valence-corrected chi connectivity index (χ0v) is 17.7. The first kappa shape index (κ1) is 20.2. The second kappa shape index (κ2) is 8.52. The molecule has 0 saturated carbocycles. The average Bonchev–Trinajstić information content (AvgIpc) is 3.14. The lowest BCUT2D eigenvalue weighted by Crippen LogP contribution is -2.55. The zero-order chi connectivity index (χ0) is 18.0. The maximum absolute atomic E-state index is 12.5. The van der Waals surface area contributed by atoms with Crippen LogP contribution in [0.5, 0.6) is 0 Å². The van der Waals surface area contributed by atoms with Crippen molar-refractivity contribution in [1.82, 2.24) is 25.0 Å². The van der Waals surface area contributed by atoms with Crippen LogP contribution in [0, 0.1) is 13.8 Å². The SMILES string of the molecule is CN=C(NCc1nc(C)c(C)o1)N1CCN(c2cnn(C)c2)C(=O)C1.I. The first-order chi connectivity index (χ1) is 12.0. The van der Waals surface area contributed by atoms with Gasteiger partial charge in [-0.1, -0.05) is 0 Å². The summed E-state index contributed by atoms with van der Waals surface area (Å²) in [5, 5.41) is 7.33. The first-order valence-electron chi connectivity index (χ1n) is 8.15. The van der Waals surface area contributed by atoms with Gasteiger partial charge in [0, 0.05) is 33.4 Å². The minimum Gasteiger partial charge on any atom is -0.444 e. The molecule has 0 unspecified atom stereocenters. The topological polar surface area (TPSA) is 91.8 Å². The van der Waals surface area contributed by atoms with Gasteiger partial charge in [0.25, 0.3) is 0 Å². The number of halogens is 1. The van der Waals surface area contributed by atoms with Gasteiger partial charge >= 0.3 is 0 Å². The lowest BCUT2D eigenvalue weighted by Gasteiger charge is -2.35. The molecule has 0 atom stereocenters. The van der Waals surface area contributed by atoms with E-state index in [-0.39, 0.29) is 36.4 Å². The quantitative estimate of drug-likeness (QED) is 0.408. The van der Waals surface area contributed by atoms with Gasteiger partial charge in [-0.15, -0.1) is 24.0 Å². The molecule has 2 aromatic rings. The van der Waals surface area contributed by atoms with Crippen LogP contribution in [0.4, 0.5) is 5.69 Å². The van der Waals surface area contributed by atoms with Crippen LogP contribution in [-0.4, -0.2) is 58.2 Å². The van der Waals surface area contributed by atoms with E-state index in [9.17, 15) is 4.79 Å². The van der Waals surface area contributed by atoms with Gasteiger partial charge in [-0.3, -0.25) is 14.5 Å². The van der Waals surface area contributed by atoms with Gasteiger partial charge in [-0.2, -0.15) is 5.10 Å². The van der Waals surface area contributed by atoms with Crippen molar-refractivity contribution >= 4 is 41.5 Å². The highest BCUT2D eigenvalue weighted by Crippen LogP contribution is 2.16. The molecule has 1 aliphatic rings. The molecule has 3 rings (SSSR count). The Morgan fingerprint density at radius 2 is 2.15 bits per heavy atom. The van der Waals surface area contributed by atoms with E-state index in [1.807, 2.05) is 32.0 Å². The van der Waals surface area contributed by atoms with Crippen LogP contribution in [0.25, 0.3) is 0 Å². The van der Waals surface area contributed by atoms with E-state index in [1.165, 1.54) is 0 Å². The van der Waals surface area contributed by atoms with Crippen molar-refractivity contribution < 1.29 is 9.21 Å². The van der Waals surface area contributed by atoms with Crippen LogP contribution in [0.3, 0.4) is 0 Å². The first-order valence-corrected chi connectivity index (χ1v) is 8.15. The van der Waals surface area contributed by atoms with Gasteiger partial charge in [0.1, 0.15) is 12.3 Å². The van der Waals surface area contributed by atoms with Gasteiger partial charge in [0.05, 0.1) is 24.1 Å². The highest BCUT2D eigenvalue weighted by atomic mass is 127. The van der Waals surface area contributed by atoms with Crippen LogP contribution in [0.15, 0.2) is 21.8 Å². The van der Waals surface area contributed by atoms with Crippen LogP contribution in [0.1, 0.15) is 17.3 Å². The van der Waals surface area contributed by atoms with E-state index in [1.54, 1.807) is 22.8 Å². The third-order valence-electron chi connectivity index (χ3n) is 4.21. The Balaban J connectivity index is 0.00000243. The van der Waals surface area contributed by atoms with E-state index in [0.29, 0.717) is 31.5 Å². The second-order valence-electron chi connectivity index (χ2n) is 5.99. The maximum Gasteiger partial charge on any atom is 0.246 e. The molecule has 142 valence electrons. The van der Waals surface area contributed by atoms with E-state index in [0.717, 1.165) is 17.1 Å². The summed E-state index contributed by atoms with van der Waals surface area (Å²) in [7, 11) is 3.54. The molecule has 1 aliphatic heterocycles. The summed E-state index contributed by atoms with van der Waals surface area (Å²) < 4.78 is 7.25. The number of carbonyl (C=O) groups is 1. The number of amides is 1. The second-order valence-corrected chi connectivity index (χ2v) is 5.99. The fourth-order valence-corrected chi connectivity index (χ4v) is 2.78. The fraction of sp³-hybridized carbons (Fsp3) is 0.500. The average molecular weight is 473 g/mol. The van der Waals surface area contributed by atoms with Crippen molar-refractivity contribution in [3.8, 4) is 0 Å². The molecule has 3 heterocycles. The predicted octanol–water partition coefficient (Wildman–Crippen LogP) is 1.07. The third kappa shape index (κ3) is 4.34. The number of hydrogen-bond acceptors (Lipinski definition) is 5. The number of piperazine rings is 1. The van der Waals surface area contributed by atoms with Crippen molar-refractivity contribution in [2.45, 2.75) is 20.4 Å². The van der Waals surface area contributed by atoms with Crippen molar-refractivity contribution in [2.75, 3.05) is 31.6 Å². The van der Waals surface area contributed by atoms with Crippen LogP contribution < -0.4 is 10.2 Å². The summed E-state index contributed by atoms with van der Waals surface area (Å²) in [6, 6.07) is 0. The lowest BCUT2D eigenvalue weighted by molar-refractivity contribution is -0.120. The van der Waals surface area contributed by atoms with Crippen molar-refractivity contribution in [3.63, 3.8) is 0 Å². The summed E-state index contributed by atoms with van der Waals surface area (Å²) in [6.07, 6.45) is 3.54. The highest BCUT2D eigenvalue weighted by Gasteiger charge is 2.27. The Labute approximate surface area is 169 Å². The number of aryl methyl sites for hydroxylation is 3. The molecule has 9 nitrogen and oxygen atoms in total. The minimum absolute atomic E-state index is 0. The number of guanidine groups is 1. The van der Waals surface area contributed by atoms with Crippen LogP contribution in [-0.2, 0) is 18.4 Å². The monoisotopic (exact) mass is 473 g/mol. The molecule has 0 aromatic carbocycles. The molecule has 1 fully saturated rings. The number of hydrogen-bond donors (Lipinski definition) is 1. The Hall–Kier alpha value is -2.11. The molecular formula is C16H24IN7O2.